The normalized spacial score (nSPS) is 24.8. The fourth-order valence-electron chi connectivity index (χ4n) is 4.15. The molecular weight excluding hydrogens is 300 g/mol. The lowest BCUT2D eigenvalue weighted by molar-refractivity contribution is -0.118. The summed E-state index contributed by atoms with van der Waals surface area (Å²) >= 11 is 0. The number of fused-ring (bicyclic) bond motifs is 2. The van der Waals surface area contributed by atoms with Crippen LogP contribution in [0.3, 0.4) is 0 Å². The summed E-state index contributed by atoms with van der Waals surface area (Å²) in [5.41, 5.74) is 3.42. The van der Waals surface area contributed by atoms with E-state index < -0.39 is 0 Å². The van der Waals surface area contributed by atoms with E-state index >= 15 is 0 Å². The highest BCUT2D eigenvalue weighted by Crippen LogP contribution is 2.57. The number of carbonyl (C=O) groups excluding carboxylic acids is 1. The molecule has 0 bridgehead atoms. The molecule has 2 unspecified atom stereocenters. The number of benzene rings is 1. The van der Waals surface area contributed by atoms with Crippen molar-refractivity contribution in [2.75, 3.05) is 5.32 Å². The van der Waals surface area contributed by atoms with E-state index in [9.17, 15) is 4.79 Å². The van der Waals surface area contributed by atoms with Crippen LogP contribution in [0.1, 0.15) is 19.3 Å². The van der Waals surface area contributed by atoms with E-state index in [1.165, 1.54) is 19.3 Å². The molecule has 5 rings (SSSR count). The molecule has 0 aliphatic heterocycles. The van der Waals surface area contributed by atoms with Crippen molar-refractivity contribution >= 4 is 22.6 Å². The summed E-state index contributed by atoms with van der Waals surface area (Å²) in [6.45, 7) is 0. The number of anilines is 1. The van der Waals surface area contributed by atoms with E-state index in [2.05, 4.69) is 20.3 Å². The molecule has 0 spiro atoms. The first-order valence-corrected chi connectivity index (χ1v) is 8.52. The SMILES string of the molecule is O=C(Nc1ccc2nc(-c3ccccn3)[nH]c2c1)C1C2CCCC21. The van der Waals surface area contributed by atoms with Gasteiger partial charge in [0.1, 0.15) is 5.69 Å². The van der Waals surface area contributed by atoms with Crippen molar-refractivity contribution in [1.29, 1.82) is 0 Å². The van der Waals surface area contributed by atoms with Gasteiger partial charge in [0.15, 0.2) is 5.82 Å². The number of amides is 1. The second kappa shape index (κ2) is 5.16. The first-order valence-electron chi connectivity index (χ1n) is 8.52. The van der Waals surface area contributed by atoms with Crippen LogP contribution in [0.2, 0.25) is 0 Å². The number of H-pyrrole nitrogens is 1. The van der Waals surface area contributed by atoms with Crippen LogP contribution in [0.5, 0.6) is 0 Å². The predicted octanol–water partition coefficient (Wildman–Crippen LogP) is 3.61. The largest absolute Gasteiger partial charge is 0.337 e. The molecule has 5 nitrogen and oxygen atoms in total. The molecule has 1 amide bonds. The number of hydrogen-bond acceptors (Lipinski definition) is 3. The average molecular weight is 318 g/mol. The zero-order valence-electron chi connectivity index (χ0n) is 13.2. The summed E-state index contributed by atoms with van der Waals surface area (Å²) in [5.74, 6) is 2.42. The zero-order chi connectivity index (χ0) is 16.1. The van der Waals surface area contributed by atoms with E-state index in [0.29, 0.717) is 11.8 Å². The van der Waals surface area contributed by atoms with Gasteiger partial charge in [0, 0.05) is 17.8 Å². The smallest absolute Gasteiger partial charge is 0.228 e. The maximum Gasteiger partial charge on any atom is 0.228 e. The van der Waals surface area contributed by atoms with Gasteiger partial charge in [-0.2, -0.15) is 0 Å². The third-order valence-corrected chi connectivity index (χ3v) is 5.37. The minimum Gasteiger partial charge on any atom is -0.337 e. The molecule has 0 saturated heterocycles. The van der Waals surface area contributed by atoms with Crippen LogP contribution in [0.25, 0.3) is 22.6 Å². The van der Waals surface area contributed by atoms with E-state index in [-0.39, 0.29) is 11.8 Å². The van der Waals surface area contributed by atoms with E-state index in [4.69, 9.17) is 0 Å². The van der Waals surface area contributed by atoms with Crippen molar-refractivity contribution in [2.24, 2.45) is 17.8 Å². The number of aromatic amines is 1. The van der Waals surface area contributed by atoms with Gasteiger partial charge in [-0.25, -0.2) is 4.98 Å². The number of hydrogen-bond donors (Lipinski definition) is 2. The van der Waals surface area contributed by atoms with Crippen LogP contribution >= 0.6 is 0 Å². The van der Waals surface area contributed by atoms with Gasteiger partial charge in [-0.3, -0.25) is 9.78 Å². The minimum absolute atomic E-state index is 0.175. The van der Waals surface area contributed by atoms with Gasteiger partial charge in [0.2, 0.25) is 5.91 Å². The van der Waals surface area contributed by atoms with Gasteiger partial charge in [-0.15, -0.1) is 0 Å². The number of pyridine rings is 1. The van der Waals surface area contributed by atoms with Gasteiger partial charge in [-0.1, -0.05) is 12.5 Å². The van der Waals surface area contributed by atoms with Crippen LogP contribution in [0.4, 0.5) is 5.69 Å². The molecule has 3 aromatic rings. The quantitative estimate of drug-likeness (QED) is 0.775. The first kappa shape index (κ1) is 13.7. The second-order valence-electron chi connectivity index (χ2n) is 6.81. The Bertz CT molecular complexity index is 908. The molecule has 2 saturated carbocycles. The molecule has 120 valence electrons. The third kappa shape index (κ3) is 2.19. The molecule has 2 aromatic heterocycles. The number of carbonyl (C=O) groups is 1. The van der Waals surface area contributed by atoms with Gasteiger partial charge < -0.3 is 10.3 Å². The Morgan fingerprint density at radius 1 is 1.17 bits per heavy atom. The monoisotopic (exact) mass is 318 g/mol. The first-order chi connectivity index (χ1) is 11.8. The molecule has 2 fully saturated rings. The fourth-order valence-corrected chi connectivity index (χ4v) is 4.15. The molecule has 1 aromatic carbocycles. The number of rotatable bonds is 3. The third-order valence-electron chi connectivity index (χ3n) is 5.37. The highest BCUT2D eigenvalue weighted by Gasteiger charge is 2.56. The average Bonchev–Trinajstić information content (AvgIpc) is 2.97. The molecule has 24 heavy (non-hydrogen) atoms. The van der Waals surface area contributed by atoms with Crippen molar-refractivity contribution in [2.45, 2.75) is 19.3 Å². The molecule has 0 radical (unpaired) electrons. The second-order valence-corrected chi connectivity index (χ2v) is 6.81. The summed E-state index contributed by atoms with van der Waals surface area (Å²) < 4.78 is 0. The van der Waals surface area contributed by atoms with Crippen LogP contribution in [-0.4, -0.2) is 20.9 Å². The van der Waals surface area contributed by atoms with Crippen LogP contribution in [0, 0.1) is 17.8 Å². The van der Waals surface area contributed by atoms with Gasteiger partial charge in [0.05, 0.1) is 11.0 Å². The summed E-state index contributed by atoms with van der Waals surface area (Å²) in [7, 11) is 0. The highest BCUT2D eigenvalue weighted by atomic mass is 16.2. The Morgan fingerprint density at radius 2 is 2.04 bits per heavy atom. The summed E-state index contributed by atoms with van der Waals surface area (Å²) in [6.07, 6.45) is 5.47. The van der Waals surface area contributed by atoms with Gasteiger partial charge in [0.25, 0.3) is 0 Å². The molecule has 2 aliphatic rings. The van der Waals surface area contributed by atoms with Crippen molar-refractivity contribution in [3.8, 4) is 11.5 Å². The van der Waals surface area contributed by atoms with Crippen molar-refractivity contribution in [3.63, 3.8) is 0 Å². The molecule has 2 atom stereocenters. The van der Waals surface area contributed by atoms with Crippen LogP contribution < -0.4 is 5.32 Å². The molecule has 5 heteroatoms. The maximum atomic E-state index is 12.4. The number of imidazole rings is 1. The lowest BCUT2D eigenvalue weighted by atomic mass is 10.1. The number of nitrogens with zero attached hydrogens (tertiary/aromatic N) is 2. The molecule has 2 heterocycles. The number of nitrogens with one attached hydrogen (secondary N) is 2. The lowest BCUT2D eigenvalue weighted by Gasteiger charge is -2.06. The van der Waals surface area contributed by atoms with Crippen molar-refractivity contribution in [3.05, 3.63) is 42.6 Å². The van der Waals surface area contributed by atoms with Crippen LogP contribution in [-0.2, 0) is 4.79 Å². The van der Waals surface area contributed by atoms with Gasteiger partial charge in [-0.05, 0) is 55.0 Å². The highest BCUT2D eigenvalue weighted by molar-refractivity contribution is 5.96. The fraction of sp³-hybridized carbons (Fsp3) is 0.316. The summed E-state index contributed by atoms with van der Waals surface area (Å²) in [4.78, 5) is 24.6. The predicted molar refractivity (Wildman–Crippen MR) is 92.3 cm³/mol. The number of aromatic nitrogens is 3. The molecule has 2 N–H and O–H groups in total. The van der Waals surface area contributed by atoms with E-state index in [1.54, 1.807) is 6.20 Å². The zero-order valence-corrected chi connectivity index (χ0v) is 13.2. The van der Waals surface area contributed by atoms with Gasteiger partial charge >= 0.3 is 0 Å². The summed E-state index contributed by atoms with van der Waals surface area (Å²) in [6, 6.07) is 11.5. The Balaban J connectivity index is 1.39. The Kier molecular flexibility index (Phi) is 2.95. The topological polar surface area (TPSA) is 70.7 Å². The standard InChI is InChI=1S/C19H18N4O/c24-19(17-12-4-3-5-13(12)17)21-11-7-8-14-16(10-11)23-18(22-14)15-6-1-2-9-20-15/h1-2,6-10,12-13,17H,3-5H2,(H,21,24)(H,22,23). The van der Waals surface area contributed by atoms with Crippen LogP contribution in [0.15, 0.2) is 42.6 Å². The van der Waals surface area contributed by atoms with E-state index in [0.717, 1.165) is 28.2 Å². The van der Waals surface area contributed by atoms with E-state index in [1.807, 2.05) is 36.4 Å². The maximum absolute atomic E-state index is 12.4. The van der Waals surface area contributed by atoms with Crippen molar-refractivity contribution < 1.29 is 4.79 Å². The minimum atomic E-state index is 0.175. The lowest BCUT2D eigenvalue weighted by Crippen LogP contribution is -2.16. The Morgan fingerprint density at radius 3 is 2.83 bits per heavy atom. The molecule has 2 aliphatic carbocycles. The van der Waals surface area contributed by atoms with Crippen molar-refractivity contribution in [1.82, 2.24) is 15.0 Å². The Labute approximate surface area is 139 Å². The summed E-state index contributed by atoms with van der Waals surface area (Å²) in [5, 5.41) is 3.07. The molecular formula is C19H18N4O. The Hall–Kier alpha value is -2.69.